The van der Waals surface area contributed by atoms with Crippen LogP contribution in [0.4, 0.5) is 0 Å². The molecule has 0 aromatic heterocycles. The van der Waals surface area contributed by atoms with Gasteiger partial charge in [0.1, 0.15) is 0 Å². The quantitative estimate of drug-likeness (QED) is 0.567. The van der Waals surface area contributed by atoms with Crippen molar-refractivity contribution in [1.82, 2.24) is 14.7 Å². The number of likely N-dealkylation sites (N-methyl/N-ethyl adjacent to an activating group) is 2. The molecule has 7 heteroatoms. The molecule has 1 aliphatic rings. The van der Waals surface area contributed by atoms with Crippen LogP contribution in [0.1, 0.15) is 28.8 Å². The van der Waals surface area contributed by atoms with Gasteiger partial charge < -0.3 is 24.2 Å². The molecule has 34 heavy (non-hydrogen) atoms. The average molecular weight is 468 g/mol. The normalized spacial score (nSPS) is 15.2. The van der Waals surface area contributed by atoms with Crippen LogP contribution in [0, 0.1) is 5.92 Å². The molecule has 0 aliphatic carbocycles. The van der Waals surface area contributed by atoms with E-state index in [9.17, 15) is 9.59 Å². The molecular formula is C27H37N3O4. The number of para-hydroxylation sites is 1. The second-order valence-electron chi connectivity index (χ2n) is 9.17. The molecule has 1 fully saturated rings. The van der Waals surface area contributed by atoms with E-state index in [1.165, 1.54) is 5.56 Å². The number of amides is 2. The molecule has 0 spiro atoms. The smallest absolute Gasteiger partial charge is 0.257 e. The Kier molecular flexibility index (Phi) is 8.93. The Labute approximate surface area is 203 Å². The van der Waals surface area contributed by atoms with E-state index in [2.05, 4.69) is 12.1 Å². The number of hydrogen-bond acceptors (Lipinski definition) is 5. The molecule has 2 amide bonds. The predicted octanol–water partition coefficient (Wildman–Crippen LogP) is 3.19. The zero-order valence-electron chi connectivity index (χ0n) is 21.0. The molecule has 1 aliphatic heterocycles. The van der Waals surface area contributed by atoms with E-state index in [1.807, 2.05) is 60.1 Å². The summed E-state index contributed by atoms with van der Waals surface area (Å²) in [5.41, 5.74) is 1.73. The highest BCUT2D eigenvalue weighted by molar-refractivity contribution is 5.97. The van der Waals surface area contributed by atoms with E-state index >= 15 is 0 Å². The van der Waals surface area contributed by atoms with Crippen LogP contribution >= 0.6 is 0 Å². The number of nitrogens with zero attached hydrogens (tertiary/aromatic N) is 3. The molecule has 0 radical (unpaired) electrons. The van der Waals surface area contributed by atoms with Gasteiger partial charge in [-0.15, -0.1) is 0 Å². The maximum atomic E-state index is 13.3. The highest BCUT2D eigenvalue weighted by Crippen LogP contribution is 2.33. The number of rotatable bonds is 9. The molecule has 2 aromatic carbocycles. The van der Waals surface area contributed by atoms with Gasteiger partial charge in [0.15, 0.2) is 11.5 Å². The van der Waals surface area contributed by atoms with Crippen molar-refractivity contribution in [3.63, 3.8) is 0 Å². The van der Waals surface area contributed by atoms with Crippen molar-refractivity contribution >= 4 is 11.8 Å². The summed E-state index contributed by atoms with van der Waals surface area (Å²) in [6, 6.07) is 15.8. The zero-order chi connectivity index (χ0) is 24.7. The molecular weight excluding hydrogens is 430 g/mol. The van der Waals surface area contributed by atoms with Crippen molar-refractivity contribution < 1.29 is 19.1 Å². The monoisotopic (exact) mass is 467 g/mol. The van der Waals surface area contributed by atoms with Gasteiger partial charge in [0, 0.05) is 26.2 Å². The van der Waals surface area contributed by atoms with Crippen LogP contribution in [0.15, 0.2) is 48.5 Å². The lowest BCUT2D eigenvalue weighted by atomic mass is 9.84. The van der Waals surface area contributed by atoms with E-state index in [1.54, 1.807) is 26.4 Å². The molecule has 0 saturated carbocycles. The molecule has 0 N–H and O–H groups in total. The minimum atomic E-state index is -0.0501. The average Bonchev–Trinajstić information content (AvgIpc) is 2.86. The first kappa shape index (κ1) is 25.6. The van der Waals surface area contributed by atoms with Crippen molar-refractivity contribution in [3.8, 4) is 11.5 Å². The van der Waals surface area contributed by atoms with Gasteiger partial charge in [-0.3, -0.25) is 9.59 Å². The van der Waals surface area contributed by atoms with Gasteiger partial charge in [0.05, 0.1) is 26.3 Å². The third kappa shape index (κ3) is 6.08. The van der Waals surface area contributed by atoms with Crippen LogP contribution < -0.4 is 9.47 Å². The summed E-state index contributed by atoms with van der Waals surface area (Å²) < 4.78 is 10.8. The molecule has 1 unspecified atom stereocenters. The van der Waals surface area contributed by atoms with Gasteiger partial charge >= 0.3 is 0 Å². The third-order valence-corrected chi connectivity index (χ3v) is 6.63. The van der Waals surface area contributed by atoms with Gasteiger partial charge in [-0.1, -0.05) is 36.4 Å². The molecule has 1 heterocycles. The fourth-order valence-corrected chi connectivity index (χ4v) is 4.76. The molecule has 2 aromatic rings. The number of likely N-dealkylation sites (tertiary alicyclic amines) is 1. The number of carbonyl (C=O) groups is 2. The summed E-state index contributed by atoms with van der Waals surface area (Å²) >= 11 is 0. The Morgan fingerprint density at radius 1 is 0.971 bits per heavy atom. The maximum Gasteiger partial charge on any atom is 0.257 e. The number of hydrogen-bond donors (Lipinski definition) is 0. The van der Waals surface area contributed by atoms with Gasteiger partial charge in [-0.2, -0.15) is 0 Å². The SMILES string of the molecule is COc1cccc(C(=O)N2CCC(C(Cc3ccccc3)N(C)C(=O)CN(C)C)CC2)c1OC. The minimum Gasteiger partial charge on any atom is -0.493 e. The van der Waals surface area contributed by atoms with Crippen molar-refractivity contribution in [3.05, 3.63) is 59.7 Å². The first-order valence-electron chi connectivity index (χ1n) is 11.8. The van der Waals surface area contributed by atoms with Gasteiger partial charge in [0.25, 0.3) is 5.91 Å². The number of piperidine rings is 1. The van der Waals surface area contributed by atoms with E-state index in [0.717, 1.165) is 19.3 Å². The first-order chi connectivity index (χ1) is 16.3. The van der Waals surface area contributed by atoms with Crippen LogP contribution in [0.2, 0.25) is 0 Å². The Hall–Kier alpha value is -3.06. The lowest BCUT2D eigenvalue weighted by molar-refractivity contribution is -0.134. The summed E-state index contributed by atoms with van der Waals surface area (Å²) in [6.45, 7) is 1.67. The predicted molar refractivity (Wildman–Crippen MR) is 133 cm³/mol. The van der Waals surface area contributed by atoms with Crippen molar-refractivity contribution in [2.45, 2.75) is 25.3 Å². The summed E-state index contributed by atoms with van der Waals surface area (Å²) in [5.74, 6) is 1.39. The van der Waals surface area contributed by atoms with Gasteiger partial charge in [-0.05, 0) is 57.0 Å². The molecule has 3 rings (SSSR count). The third-order valence-electron chi connectivity index (χ3n) is 6.63. The number of ether oxygens (including phenoxy) is 2. The second-order valence-corrected chi connectivity index (χ2v) is 9.17. The number of carbonyl (C=O) groups excluding carboxylic acids is 2. The highest BCUT2D eigenvalue weighted by atomic mass is 16.5. The maximum absolute atomic E-state index is 13.3. The van der Waals surface area contributed by atoms with Crippen LogP contribution in [0.3, 0.4) is 0 Å². The summed E-state index contributed by atoms with van der Waals surface area (Å²) in [7, 11) is 8.86. The van der Waals surface area contributed by atoms with Crippen molar-refractivity contribution in [2.24, 2.45) is 5.92 Å². The minimum absolute atomic E-state index is 0.0501. The van der Waals surface area contributed by atoms with E-state index < -0.39 is 0 Å². The van der Waals surface area contributed by atoms with E-state index in [4.69, 9.17) is 9.47 Å². The largest absolute Gasteiger partial charge is 0.493 e. The van der Waals surface area contributed by atoms with Crippen molar-refractivity contribution in [2.75, 3.05) is 55.0 Å². The summed E-state index contributed by atoms with van der Waals surface area (Å²) in [4.78, 5) is 31.9. The van der Waals surface area contributed by atoms with Crippen LogP contribution in [0.5, 0.6) is 11.5 Å². The van der Waals surface area contributed by atoms with Gasteiger partial charge in [0.2, 0.25) is 5.91 Å². The van der Waals surface area contributed by atoms with Crippen LogP contribution in [-0.2, 0) is 11.2 Å². The standard InChI is InChI=1S/C27H37N3O4/c1-28(2)19-25(31)29(3)23(18-20-10-7-6-8-11-20)21-14-16-30(17-15-21)27(32)22-12-9-13-24(33-4)26(22)34-5/h6-13,21,23H,14-19H2,1-5H3. The topological polar surface area (TPSA) is 62.3 Å². The molecule has 1 saturated heterocycles. The Balaban J connectivity index is 1.74. The fourth-order valence-electron chi connectivity index (χ4n) is 4.76. The van der Waals surface area contributed by atoms with E-state index in [-0.39, 0.29) is 17.9 Å². The number of benzene rings is 2. The Morgan fingerprint density at radius 3 is 2.24 bits per heavy atom. The summed E-state index contributed by atoms with van der Waals surface area (Å²) in [6.07, 6.45) is 2.49. The molecule has 1 atom stereocenters. The molecule has 184 valence electrons. The van der Waals surface area contributed by atoms with Crippen LogP contribution in [-0.4, -0.2) is 87.6 Å². The number of methoxy groups -OCH3 is 2. The van der Waals surface area contributed by atoms with Crippen molar-refractivity contribution in [1.29, 1.82) is 0 Å². The lowest BCUT2D eigenvalue weighted by Gasteiger charge is -2.40. The van der Waals surface area contributed by atoms with Crippen LogP contribution in [0.25, 0.3) is 0 Å². The lowest BCUT2D eigenvalue weighted by Crippen LogP contribution is -2.50. The zero-order valence-corrected chi connectivity index (χ0v) is 21.0. The van der Waals surface area contributed by atoms with E-state index in [0.29, 0.717) is 42.6 Å². The second kappa shape index (κ2) is 11.9. The highest BCUT2D eigenvalue weighted by Gasteiger charge is 2.33. The summed E-state index contributed by atoms with van der Waals surface area (Å²) in [5, 5.41) is 0. The molecule has 7 nitrogen and oxygen atoms in total. The molecule has 0 bridgehead atoms. The Morgan fingerprint density at radius 2 is 1.65 bits per heavy atom. The Bertz CT molecular complexity index is 956. The fraction of sp³-hybridized carbons (Fsp3) is 0.481. The first-order valence-corrected chi connectivity index (χ1v) is 11.8. The van der Waals surface area contributed by atoms with Gasteiger partial charge in [-0.25, -0.2) is 0 Å².